The quantitative estimate of drug-likeness (QED) is 0.874. The number of methoxy groups -OCH3 is 1. The average Bonchev–Trinajstić information content (AvgIpc) is 2.81. The first-order valence-electron chi connectivity index (χ1n) is 6.48. The minimum Gasteiger partial charge on any atom is -0.493 e. The number of aliphatic hydroxyl groups excluding tert-OH is 1. The molecule has 0 spiro atoms. The molecular formula is C15H20O3. The van der Waals surface area contributed by atoms with Crippen LogP contribution in [0.25, 0.3) is 11.0 Å². The Kier molecular flexibility index (Phi) is 3.92. The van der Waals surface area contributed by atoms with E-state index in [9.17, 15) is 5.11 Å². The standard InChI is InChI=1S/C15H20O3/c1-4-6-12(16)13-9-11-7-10(5-2)8-14(17-3)15(11)18-13/h7-9,12,16H,4-6H2,1-3H3. The number of hydrogen-bond acceptors (Lipinski definition) is 3. The summed E-state index contributed by atoms with van der Waals surface area (Å²) >= 11 is 0. The van der Waals surface area contributed by atoms with Crippen molar-refractivity contribution in [3.63, 3.8) is 0 Å². The second kappa shape index (κ2) is 5.44. The van der Waals surface area contributed by atoms with Crippen LogP contribution in [-0.4, -0.2) is 12.2 Å². The van der Waals surface area contributed by atoms with Gasteiger partial charge >= 0.3 is 0 Å². The third-order valence-corrected chi connectivity index (χ3v) is 3.18. The summed E-state index contributed by atoms with van der Waals surface area (Å²) in [6, 6.07) is 5.99. The van der Waals surface area contributed by atoms with Gasteiger partial charge in [0.05, 0.1) is 7.11 Å². The zero-order chi connectivity index (χ0) is 13.1. The number of fused-ring (bicyclic) bond motifs is 1. The molecule has 1 aromatic carbocycles. The fraction of sp³-hybridized carbons (Fsp3) is 0.467. The van der Waals surface area contributed by atoms with Crippen LogP contribution >= 0.6 is 0 Å². The van der Waals surface area contributed by atoms with Gasteiger partial charge in [-0.05, 0) is 36.6 Å². The lowest BCUT2D eigenvalue weighted by atomic mass is 10.1. The zero-order valence-corrected chi connectivity index (χ0v) is 11.2. The maximum atomic E-state index is 9.98. The van der Waals surface area contributed by atoms with Gasteiger partial charge in [-0.25, -0.2) is 0 Å². The molecule has 1 heterocycles. The third-order valence-electron chi connectivity index (χ3n) is 3.18. The lowest BCUT2D eigenvalue weighted by Crippen LogP contribution is -1.93. The van der Waals surface area contributed by atoms with Crippen LogP contribution in [0, 0.1) is 0 Å². The van der Waals surface area contributed by atoms with E-state index in [0.717, 1.165) is 29.6 Å². The van der Waals surface area contributed by atoms with Crippen LogP contribution in [0.2, 0.25) is 0 Å². The van der Waals surface area contributed by atoms with Crippen LogP contribution in [0.1, 0.15) is 44.1 Å². The van der Waals surface area contributed by atoms with E-state index < -0.39 is 6.10 Å². The van der Waals surface area contributed by atoms with E-state index in [0.29, 0.717) is 12.2 Å². The fourth-order valence-electron chi connectivity index (χ4n) is 2.14. The van der Waals surface area contributed by atoms with Gasteiger partial charge in [0.15, 0.2) is 11.3 Å². The Morgan fingerprint density at radius 1 is 1.28 bits per heavy atom. The number of hydrogen-bond donors (Lipinski definition) is 1. The molecule has 3 nitrogen and oxygen atoms in total. The molecule has 1 unspecified atom stereocenters. The number of ether oxygens (including phenoxy) is 1. The predicted octanol–water partition coefficient (Wildman–Crippen LogP) is 3.84. The minimum absolute atomic E-state index is 0.530. The summed E-state index contributed by atoms with van der Waals surface area (Å²) in [5, 5.41) is 11.0. The minimum atomic E-state index is -0.530. The van der Waals surface area contributed by atoms with Gasteiger partial charge in [-0.2, -0.15) is 0 Å². The van der Waals surface area contributed by atoms with Crippen molar-refractivity contribution in [3.8, 4) is 5.75 Å². The molecule has 3 heteroatoms. The molecule has 1 aromatic heterocycles. The largest absolute Gasteiger partial charge is 0.493 e. The van der Waals surface area contributed by atoms with Gasteiger partial charge in [0.25, 0.3) is 0 Å². The topological polar surface area (TPSA) is 42.6 Å². The van der Waals surface area contributed by atoms with Gasteiger partial charge in [0, 0.05) is 5.39 Å². The predicted molar refractivity (Wildman–Crippen MR) is 72.0 cm³/mol. The summed E-state index contributed by atoms with van der Waals surface area (Å²) in [5.74, 6) is 1.36. The van der Waals surface area contributed by atoms with Crippen molar-refractivity contribution in [2.45, 2.75) is 39.2 Å². The highest BCUT2D eigenvalue weighted by Gasteiger charge is 2.15. The highest BCUT2D eigenvalue weighted by atomic mass is 16.5. The van der Waals surface area contributed by atoms with E-state index in [2.05, 4.69) is 13.0 Å². The Morgan fingerprint density at radius 2 is 2.06 bits per heavy atom. The molecule has 0 saturated heterocycles. The van der Waals surface area contributed by atoms with E-state index in [1.165, 1.54) is 5.56 Å². The molecule has 98 valence electrons. The number of aryl methyl sites for hydroxylation is 1. The zero-order valence-electron chi connectivity index (χ0n) is 11.2. The van der Waals surface area contributed by atoms with Crippen LogP contribution in [0.15, 0.2) is 22.6 Å². The Hall–Kier alpha value is -1.48. The van der Waals surface area contributed by atoms with Gasteiger partial charge in [-0.1, -0.05) is 20.3 Å². The van der Waals surface area contributed by atoms with Crippen molar-refractivity contribution in [1.82, 2.24) is 0 Å². The van der Waals surface area contributed by atoms with Crippen molar-refractivity contribution in [2.24, 2.45) is 0 Å². The molecule has 0 aliphatic heterocycles. The summed E-state index contributed by atoms with van der Waals surface area (Å²) in [6.45, 7) is 4.15. The number of benzene rings is 1. The molecule has 0 aliphatic carbocycles. The molecule has 1 N–H and O–H groups in total. The normalized spacial score (nSPS) is 12.9. The lowest BCUT2D eigenvalue weighted by molar-refractivity contribution is 0.141. The number of aliphatic hydroxyl groups is 1. The van der Waals surface area contributed by atoms with Gasteiger partial charge in [-0.3, -0.25) is 0 Å². The van der Waals surface area contributed by atoms with E-state index in [1.54, 1.807) is 7.11 Å². The van der Waals surface area contributed by atoms with Crippen molar-refractivity contribution in [1.29, 1.82) is 0 Å². The highest BCUT2D eigenvalue weighted by Crippen LogP contribution is 2.33. The molecule has 2 aromatic rings. The molecule has 2 rings (SSSR count). The Balaban J connectivity index is 2.49. The molecule has 0 bridgehead atoms. The van der Waals surface area contributed by atoms with Gasteiger partial charge in [0.2, 0.25) is 0 Å². The van der Waals surface area contributed by atoms with Crippen molar-refractivity contribution in [2.75, 3.05) is 7.11 Å². The van der Waals surface area contributed by atoms with Gasteiger partial charge in [0.1, 0.15) is 11.9 Å². The second-order valence-corrected chi connectivity index (χ2v) is 4.52. The van der Waals surface area contributed by atoms with E-state index >= 15 is 0 Å². The van der Waals surface area contributed by atoms with E-state index in [4.69, 9.17) is 9.15 Å². The van der Waals surface area contributed by atoms with Crippen molar-refractivity contribution >= 4 is 11.0 Å². The van der Waals surface area contributed by atoms with Crippen LogP contribution in [0.3, 0.4) is 0 Å². The summed E-state index contributed by atoms with van der Waals surface area (Å²) in [7, 11) is 1.64. The van der Waals surface area contributed by atoms with E-state index in [-0.39, 0.29) is 0 Å². The molecule has 0 saturated carbocycles. The van der Waals surface area contributed by atoms with Crippen LogP contribution in [0.4, 0.5) is 0 Å². The summed E-state index contributed by atoms with van der Waals surface area (Å²) in [5.41, 5.74) is 1.93. The molecule has 0 fully saturated rings. The molecule has 0 radical (unpaired) electrons. The molecule has 0 amide bonds. The fourth-order valence-corrected chi connectivity index (χ4v) is 2.14. The van der Waals surface area contributed by atoms with Gasteiger partial charge in [-0.15, -0.1) is 0 Å². The Bertz CT molecular complexity index is 528. The lowest BCUT2D eigenvalue weighted by Gasteiger charge is -2.05. The summed E-state index contributed by atoms with van der Waals surface area (Å²) in [6.07, 6.45) is 2.06. The average molecular weight is 248 g/mol. The Labute approximate surface area is 107 Å². The molecule has 1 atom stereocenters. The summed E-state index contributed by atoms with van der Waals surface area (Å²) in [4.78, 5) is 0. The van der Waals surface area contributed by atoms with Crippen LogP contribution in [0.5, 0.6) is 5.75 Å². The number of furan rings is 1. The molecular weight excluding hydrogens is 228 g/mol. The van der Waals surface area contributed by atoms with Gasteiger partial charge < -0.3 is 14.3 Å². The summed E-state index contributed by atoms with van der Waals surface area (Å²) < 4.78 is 11.1. The van der Waals surface area contributed by atoms with Crippen molar-refractivity contribution in [3.05, 3.63) is 29.5 Å². The second-order valence-electron chi connectivity index (χ2n) is 4.52. The molecule has 0 aliphatic rings. The SMILES string of the molecule is CCCC(O)c1cc2cc(CC)cc(OC)c2o1. The number of rotatable bonds is 5. The maximum Gasteiger partial charge on any atom is 0.176 e. The first kappa shape index (κ1) is 13.0. The molecule has 18 heavy (non-hydrogen) atoms. The highest BCUT2D eigenvalue weighted by molar-refractivity contribution is 5.84. The first-order chi connectivity index (χ1) is 8.69. The first-order valence-corrected chi connectivity index (χ1v) is 6.48. The van der Waals surface area contributed by atoms with Crippen LogP contribution < -0.4 is 4.74 Å². The third kappa shape index (κ3) is 2.36. The van der Waals surface area contributed by atoms with Crippen molar-refractivity contribution < 1.29 is 14.3 Å². The van der Waals surface area contributed by atoms with E-state index in [1.807, 2.05) is 19.1 Å². The maximum absolute atomic E-state index is 9.98. The monoisotopic (exact) mass is 248 g/mol. The Morgan fingerprint density at radius 3 is 2.67 bits per heavy atom. The smallest absolute Gasteiger partial charge is 0.176 e. The van der Waals surface area contributed by atoms with Crippen LogP contribution in [-0.2, 0) is 6.42 Å².